The molecule has 0 unspecified atom stereocenters. The van der Waals surface area contributed by atoms with Gasteiger partial charge in [0, 0.05) is 25.0 Å². The number of nitrogens with zero attached hydrogens (tertiary/aromatic N) is 3. The van der Waals surface area contributed by atoms with E-state index < -0.39 is 0 Å². The topological polar surface area (TPSA) is 84.1 Å². The predicted molar refractivity (Wildman–Crippen MR) is 99.7 cm³/mol. The first-order valence-corrected chi connectivity index (χ1v) is 8.65. The number of nitrogens with one attached hydrogen (secondary N) is 1. The van der Waals surface area contributed by atoms with Gasteiger partial charge in [-0.2, -0.15) is 0 Å². The Morgan fingerprint density at radius 2 is 1.92 bits per heavy atom. The number of piperidine rings is 1. The van der Waals surface area contributed by atoms with Crippen LogP contribution in [-0.4, -0.2) is 34.0 Å². The number of aromatic nitrogens is 2. The van der Waals surface area contributed by atoms with E-state index in [0.29, 0.717) is 17.6 Å². The molecule has 0 aromatic carbocycles. The summed E-state index contributed by atoms with van der Waals surface area (Å²) >= 11 is 0. The number of carbonyl (C=O) groups is 1. The van der Waals surface area contributed by atoms with Crippen molar-refractivity contribution in [1.29, 1.82) is 0 Å². The number of anilines is 2. The minimum atomic E-state index is -0.0805. The van der Waals surface area contributed by atoms with E-state index in [1.807, 2.05) is 43.1 Å². The number of nitrogen functional groups attached to an aromatic ring is 1. The average Bonchev–Trinajstić information content (AvgIpc) is 2.54. The number of pyridine rings is 2. The van der Waals surface area contributed by atoms with Gasteiger partial charge in [-0.25, -0.2) is 14.8 Å². The van der Waals surface area contributed by atoms with Crippen molar-refractivity contribution in [2.24, 2.45) is 0 Å². The van der Waals surface area contributed by atoms with E-state index in [2.05, 4.69) is 22.2 Å². The van der Waals surface area contributed by atoms with Crippen molar-refractivity contribution in [3.63, 3.8) is 0 Å². The van der Waals surface area contributed by atoms with Gasteiger partial charge in [-0.05, 0) is 74.4 Å². The molecule has 2 aromatic heterocycles. The fraction of sp³-hybridized carbons (Fsp3) is 0.421. The van der Waals surface area contributed by atoms with Gasteiger partial charge < -0.3 is 10.6 Å². The fourth-order valence-electron chi connectivity index (χ4n) is 3.50. The number of nitrogens with two attached hydrogens (primary N) is 1. The minimum absolute atomic E-state index is 0.0805. The highest BCUT2D eigenvalue weighted by Crippen LogP contribution is 2.30. The molecule has 2 aromatic rings. The third-order valence-corrected chi connectivity index (χ3v) is 4.73. The van der Waals surface area contributed by atoms with Crippen LogP contribution in [0.2, 0.25) is 0 Å². The lowest BCUT2D eigenvalue weighted by Gasteiger charge is -2.32. The Hall–Kier alpha value is -2.63. The Labute approximate surface area is 148 Å². The van der Waals surface area contributed by atoms with E-state index in [9.17, 15) is 4.79 Å². The summed E-state index contributed by atoms with van der Waals surface area (Å²) in [6.07, 6.45) is 3.74. The van der Waals surface area contributed by atoms with Crippen LogP contribution >= 0.6 is 0 Å². The number of hydrogen-bond donors (Lipinski definition) is 2. The van der Waals surface area contributed by atoms with Crippen LogP contribution in [0, 0.1) is 20.8 Å². The largest absolute Gasteiger partial charge is 0.384 e. The fourth-order valence-corrected chi connectivity index (χ4v) is 3.50. The van der Waals surface area contributed by atoms with Gasteiger partial charge in [0.25, 0.3) is 0 Å². The van der Waals surface area contributed by atoms with Gasteiger partial charge in [-0.15, -0.1) is 0 Å². The molecule has 3 rings (SSSR count). The Balaban J connectivity index is 1.60. The summed E-state index contributed by atoms with van der Waals surface area (Å²) in [5.74, 6) is 1.60. The molecule has 2 amide bonds. The third-order valence-electron chi connectivity index (χ3n) is 4.73. The SMILES string of the molecule is Cc1cc(C)nc(NC(=O)N2CCC(c3cnc(N)cc3C)CC2)c1. The van der Waals surface area contributed by atoms with E-state index in [4.69, 9.17) is 5.73 Å². The first-order chi connectivity index (χ1) is 11.9. The van der Waals surface area contributed by atoms with Crippen molar-refractivity contribution in [3.05, 3.63) is 46.8 Å². The van der Waals surface area contributed by atoms with Gasteiger partial charge in [-0.3, -0.25) is 5.32 Å². The average molecular weight is 339 g/mol. The lowest BCUT2D eigenvalue weighted by atomic mass is 9.88. The zero-order valence-electron chi connectivity index (χ0n) is 15.0. The zero-order chi connectivity index (χ0) is 18.0. The van der Waals surface area contributed by atoms with Crippen molar-refractivity contribution in [1.82, 2.24) is 14.9 Å². The molecule has 1 saturated heterocycles. The van der Waals surface area contributed by atoms with E-state index in [0.717, 1.165) is 37.2 Å². The lowest BCUT2D eigenvalue weighted by Crippen LogP contribution is -2.40. The highest BCUT2D eigenvalue weighted by molar-refractivity contribution is 5.88. The molecule has 1 fully saturated rings. The molecule has 132 valence electrons. The van der Waals surface area contributed by atoms with Crippen LogP contribution in [0.15, 0.2) is 24.4 Å². The molecule has 3 heterocycles. The molecule has 0 aliphatic carbocycles. The van der Waals surface area contributed by atoms with Crippen LogP contribution in [0.1, 0.15) is 41.1 Å². The van der Waals surface area contributed by atoms with Gasteiger partial charge in [0.1, 0.15) is 11.6 Å². The van der Waals surface area contributed by atoms with Crippen molar-refractivity contribution in [3.8, 4) is 0 Å². The molecule has 0 atom stereocenters. The van der Waals surface area contributed by atoms with Crippen molar-refractivity contribution in [2.75, 3.05) is 24.1 Å². The number of hydrogen-bond acceptors (Lipinski definition) is 4. The lowest BCUT2D eigenvalue weighted by molar-refractivity contribution is 0.194. The molecule has 25 heavy (non-hydrogen) atoms. The normalized spacial score (nSPS) is 15.2. The highest BCUT2D eigenvalue weighted by Gasteiger charge is 2.25. The highest BCUT2D eigenvalue weighted by atomic mass is 16.2. The summed E-state index contributed by atoms with van der Waals surface area (Å²) in [6.45, 7) is 7.45. The first-order valence-electron chi connectivity index (χ1n) is 8.65. The molecule has 1 aliphatic rings. The number of rotatable bonds is 2. The van der Waals surface area contributed by atoms with Gasteiger partial charge >= 0.3 is 6.03 Å². The summed E-state index contributed by atoms with van der Waals surface area (Å²) in [4.78, 5) is 22.9. The van der Waals surface area contributed by atoms with Crippen LogP contribution in [-0.2, 0) is 0 Å². The second-order valence-electron chi connectivity index (χ2n) is 6.83. The molecule has 0 bridgehead atoms. The summed E-state index contributed by atoms with van der Waals surface area (Å²) in [5, 5.41) is 2.91. The second kappa shape index (κ2) is 7.09. The Bertz CT molecular complexity index is 761. The summed E-state index contributed by atoms with van der Waals surface area (Å²) < 4.78 is 0. The first kappa shape index (κ1) is 17.2. The number of likely N-dealkylation sites (tertiary alicyclic amines) is 1. The molecule has 0 spiro atoms. The van der Waals surface area contributed by atoms with Crippen LogP contribution in [0.3, 0.4) is 0 Å². The molecular formula is C19H25N5O. The molecule has 0 radical (unpaired) electrons. The maximum absolute atomic E-state index is 12.5. The summed E-state index contributed by atoms with van der Waals surface area (Å²) in [7, 11) is 0. The third kappa shape index (κ3) is 4.07. The van der Waals surface area contributed by atoms with Gasteiger partial charge in [0.2, 0.25) is 0 Å². The van der Waals surface area contributed by atoms with E-state index >= 15 is 0 Å². The van der Waals surface area contributed by atoms with Crippen LogP contribution in [0.25, 0.3) is 0 Å². The molecular weight excluding hydrogens is 314 g/mol. The number of aryl methyl sites for hydroxylation is 3. The zero-order valence-corrected chi connectivity index (χ0v) is 15.0. The maximum atomic E-state index is 12.5. The molecule has 3 N–H and O–H groups in total. The van der Waals surface area contributed by atoms with Gasteiger partial charge in [-0.1, -0.05) is 0 Å². The maximum Gasteiger partial charge on any atom is 0.323 e. The quantitative estimate of drug-likeness (QED) is 0.878. The molecule has 1 aliphatic heterocycles. The van der Waals surface area contributed by atoms with E-state index in [-0.39, 0.29) is 6.03 Å². The van der Waals surface area contributed by atoms with E-state index in [1.54, 1.807) is 0 Å². The number of amides is 2. The molecule has 6 nitrogen and oxygen atoms in total. The smallest absolute Gasteiger partial charge is 0.323 e. The standard InChI is InChI=1S/C19H25N5O/c1-12-8-14(3)22-18(9-12)23-19(25)24-6-4-15(5-7-24)16-11-21-17(20)10-13(16)2/h8-11,15H,4-7H2,1-3H3,(H2,20,21)(H,22,23,25). The summed E-state index contributed by atoms with van der Waals surface area (Å²) in [6, 6.07) is 5.72. The number of urea groups is 1. The summed E-state index contributed by atoms with van der Waals surface area (Å²) in [5.41, 5.74) is 10.1. The van der Waals surface area contributed by atoms with Gasteiger partial charge in [0.05, 0.1) is 0 Å². The minimum Gasteiger partial charge on any atom is -0.384 e. The van der Waals surface area contributed by atoms with Crippen LogP contribution in [0.4, 0.5) is 16.4 Å². The Morgan fingerprint density at radius 1 is 1.20 bits per heavy atom. The second-order valence-corrected chi connectivity index (χ2v) is 6.83. The van der Waals surface area contributed by atoms with Crippen LogP contribution in [0.5, 0.6) is 0 Å². The van der Waals surface area contributed by atoms with Gasteiger partial charge in [0.15, 0.2) is 0 Å². The molecule has 6 heteroatoms. The number of carbonyl (C=O) groups excluding carboxylic acids is 1. The van der Waals surface area contributed by atoms with Crippen molar-refractivity contribution < 1.29 is 4.79 Å². The predicted octanol–water partition coefficient (Wildman–Crippen LogP) is 3.40. The van der Waals surface area contributed by atoms with Crippen LogP contribution < -0.4 is 11.1 Å². The monoisotopic (exact) mass is 339 g/mol. The Morgan fingerprint density at radius 3 is 2.56 bits per heavy atom. The Kier molecular flexibility index (Phi) is 4.88. The van der Waals surface area contributed by atoms with E-state index in [1.165, 1.54) is 11.1 Å². The molecule has 0 saturated carbocycles. The van der Waals surface area contributed by atoms with Crippen molar-refractivity contribution >= 4 is 17.7 Å². The van der Waals surface area contributed by atoms with Crippen molar-refractivity contribution in [2.45, 2.75) is 39.5 Å².